The molecule has 5 aromatic rings. The van der Waals surface area contributed by atoms with Gasteiger partial charge in [0.15, 0.2) is 0 Å². The zero-order chi connectivity index (χ0) is 104. The first-order valence-electron chi connectivity index (χ1n) is 46.1. The molecule has 4 saturated carbocycles. The molecule has 0 heterocycles. The van der Waals surface area contributed by atoms with Gasteiger partial charge in [-0.25, -0.2) is 18.0 Å². The molecule has 0 bridgehead atoms. The summed E-state index contributed by atoms with van der Waals surface area (Å²) in [7, 11) is 3.08. The van der Waals surface area contributed by atoms with Crippen molar-refractivity contribution in [2.24, 2.45) is 64.5 Å². The molecule has 39 heteroatoms. The summed E-state index contributed by atoms with van der Waals surface area (Å²) in [6.07, 6.45) is 14.2. The highest BCUT2D eigenvalue weighted by Gasteiger charge is 2.38. The number of likely N-dealkylation sites (N-methyl/N-ethyl adjacent to an activating group) is 2. The van der Waals surface area contributed by atoms with Crippen LogP contribution in [0.5, 0.6) is 23.0 Å². The van der Waals surface area contributed by atoms with E-state index >= 15 is 0 Å². The van der Waals surface area contributed by atoms with Crippen molar-refractivity contribution in [3.63, 3.8) is 0 Å². The van der Waals surface area contributed by atoms with Gasteiger partial charge < -0.3 is 97.8 Å². The number of rotatable bonds is 31. The van der Waals surface area contributed by atoms with E-state index in [0.717, 1.165) is 108 Å². The molecule has 31 nitrogen and oxygen atoms in total. The average Bonchev–Trinajstić information content (AvgIpc) is 0.787. The zero-order valence-corrected chi connectivity index (χ0v) is 83.7. The molecule has 9 rings (SSSR count). The van der Waals surface area contributed by atoms with Crippen LogP contribution < -0.4 is 63.1 Å². The second kappa shape index (κ2) is 56.6. The molecule has 16 N–H and O–H groups in total. The molecule has 5 atom stereocenters. The molecule has 0 aromatic heterocycles. The molecule has 0 aliphatic heterocycles. The van der Waals surface area contributed by atoms with E-state index in [2.05, 4.69) is 26.0 Å². The number of hydrogen-bond acceptors (Lipinski definition) is 23. The first kappa shape index (κ1) is 120. The van der Waals surface area contributed by atoms with E-state index in [1.54, 1.807) is 75.5 Å². The lowest BCUT2D eigenvalue weighted by atomic mass is 9.79. The summed E-state index contributed by atoms with van der Waals surface area (Å²) in [4.78, 5) is 141. The molecule has 2 unspecified atom stereocenters. The van der Waals surface area contributed by atoms with Gasteiger partial charge in [-0.15, -0.1) is 0 Å². The number of carboxylic acids is 4. The Bertz CT molecular complexity index is 4790. The Kier molecular flexibility index (Phi) is 49.0. The van der Waals surface area contributed by atoms with Crippen LogP contribution in [0.1, 0.15) is 269 Å². The number of carbonyl (C=O) groups is 12. The van der Waals surface area contributed by atoms with E-state index < -0.39 is 118 Å². The van der Waals surface area contributed by atoms with Gasteiger partial charge in [-0.3, -0.25) is 52.7 Å². The van der Waals surface area contributed by atoms with Crippen LogP contribution in [0.25, 0.3) is 0 Å². The SMILES string of the molecule is CC(C)(C)OC(=O)C1CCC(C[C@H](N)C(=O)O)CC1.CC(C)(C)OC(=O)C1CCC(C[C@H](N)C(=O)O)CC1.CC(C)Oc1ccc(C(=O)Oc2c(F)c(F)c(F)c(F)c2F)cc1Cl.CNC(=O)C(CC1CCC(C(=O)O)CC1)NC(=O)c1ccc(OC(C)C)c(Cl)c1.CNC(=O)C(CC1CCC(C(=O)OC(C)(C)C)CC1)NC(=O)c1ccc(OC(C)C)c(Cl)c1.Nc1ccc(C[C@H](N)C(=O)O)cc1. The first-order valence-corrected chi connectivity index (χ1v) is 47.2. The highest BCUT2D eigenvalue weighted by Crippen LogP contribution is 2.39. The van der Waals surface area contributed by atoms with E-state index in [0.29, 0.717) is 95.1 Å². The maximum atomic E-state index is 13.5. The summed E-state index contributed by atoms with van der Waals surface area (Å²) in [6.45, 7) is 27.8. The van der Waals surface area contributed by atoms with Crippen LogP contribution in [-0.2, 0) is 63.8 Å². The number of aliphatic carboxylic acids is 4. The summed E-state index contributed by atoms with van der Waals surface area (Å²) in [6, 6.07) is 16.4. The minimum absolute atomic E-state index is 0.000520. The van der Waals surface area contributed by atoms with E-state index in [-0.39, 0.29) is 106 Å². The van der Waals surface area contributed by atoms with Crippen molar-refractivity contribution in [1.29, 1.82) is 0 Å². The number of carbonyl (C=O) groups excluding carboxylic acids is 8. The summed E-state index contributed by atoms with van der Waals surface area (Å²) >= 11 is 18.4. The topological polar surface area (TPSA) is 503 Å². The predicted molar refractivity (Wildman–Crippen MR) is 510 cm³/mol. The van der Waals surface area contributed by atoms with Crippen molar-refractivity contribution in [3.8, 4) is 23.0 Å². The highest BCUT2D eigenvalue weighted by molar-refractivity contribution is 6.33. The van der Waals surface area contributed by atoms with Gasteiger partial charge >= 0.3 is 47.8 Å². The van der Waals surface area contributed by atoms with Gasteiger partial charge in [-0.05, 0) is 335 Å². The summed E-state index contributed by atoms with van der Waals surface area (Å²) in [5, 5.41) is 46.8. The third-order valence-corrected chi connectivity index (χ3v) is 23.3. The molecule has 5 aromatic carbocycles. The lowest BCUT2D eigenvalue weighted by molar-refractivity contribution is -0.162. The standard InChI is InChI=1S/C25H37ClN2O5.C21H29ClN2O5.C16H10ClF5O3.2C14H25NO4.C9H12N2O2/c1-15(2)32-21-12-11-18(14-19(21)26)22(29)28-20(23(30)27-6)13-16-7-9-17(10-8-16)24(31)33-25(3,4)5;1-12(2)29-18-9-8-15(11-16(18)22)19(25)24-17(20(26)23-3)10-13-4-6-14(7-5-13)21(27)28;1-6(2)24-9-4-3-7(5-8(9)17)16(23)25-15-13(21)11(19)10(18)12(20)14(15)22;2*1-14(2,3)19-13(18)10-6-4-9(5-7-10)8-11(15)12(16)17;10-7-3-1-6(2-4-7)5-8(11)9(12)13/h11-12,14-17,20H,7-10,13H2,1-6H3,(H,27,30)(H,28,29);8-9,11-14,17H,4-7,10H2,1-3H3,(H,23,26)(H,24,25)(H,27,28);3-6H,1-2H3;2*9-11H,4-8,15H2,1-3H3,(H,16,17);1-4,8H,5,10-11H2,(H,12,13)/t;;;2*9?,10?,11-;8-/m...000/s1. The van der Waals surface area contributed by atoms with Crippen LogP contribution in [0.2, 0.25) is 15.1 Å². The molecular weight excluding hydrogens is 1870 g/mol. The van der Waals surface area contributed by atoms with Crippen LogP contribution in [0.15, 0.2) is 78.9 Å². The Morgan fingerprint density at radius 1 is 0.391 bits per heavy atom. The van der Waals surface area contributed by atoms with Crippen LogP contribution in [0.4, 0.5) is 27.6 Å². The van der Waals surface area contributed by atoms with E-state index in [1.807, 2.05) is 90.0 Å². The number of benzene rings is 5. The normalized spacial score (nSPS) is 19.1. The van der Waals surface area contributed by atoms with E-state index in [9.17, 15) is 79.5 Å². The second-order valence-corrected chi connectivity index (χ2v) is 39.8. The number of nitrogens with two attached hydrogens (primary N) is 4. The summed E-state index contributed by atoms with van der Waals surface area (Å²) < 4.78 is 103. The van der Waals surface area contributed by atoms with Gasteiger partial charge in [0, 0.05) is 30.9 Å². The number of halogens is 8. The number of amides is 4. The maximum Gasteiger partial charge on any atom is 0.343 e. The molecule has 4 aliphatic rings. The van der Waals surface area contributed by atoms with Crippen LogP contribution in [-0.4, -0.2) is 171 Å². The van der Waals surface area contributed by atoms with Gasteiger partial charge in [0.2, 0.25) is 46.6 Å². The number of ether oxygens (including phenoxy) is 7. The number of nitrogen functional groups attached to an aromatic ring is 1. The smallest absolute Gasteiger partial charge is 0.343 e. The average molecular weight is 2010 g/mol. The monoisotopic (exact) mass is 2010 g/mol. The minimum Gasteiger partial charge on any atom is -0.489 e. The molecule has 138 heavy (non-hydrogen) atoms. The Morgan fingerprint density at radius 3 is 0.935 bits per heavy atom. The van der Waals surface area contributed by atoms with Gasteiger partial charge in [0.1, 0.15) is 64.3 Å². The Balaban J connectivity index is 0.000000353. The molecule has 4 amide bonds. The molecule has 0 saturated heterocycles. The fraction of sp³-hybridized carbons (Fsp3) is 0.576. The zero-order valence-electron chi connectivity index (χ0n) is 81.5. The number of carboxylic acid groups (broad SMARTS) is 4. The summed E-state index contributed by atoms with van der Waals surface area (Å²) in [5.74, 6) is -17.9. The van der Waals surface area contributed by atoms with Crippen LogP contribution in [0.3, 0.4) is 0 Å². The van der Waals surface area contributed by atoms with Gasteiger partial charge in [-0.1, -0.05) is 46.9 Å². The Hall–Kier alpha value is -10.7. The molecule has 0 radical (unpaired) electrons. The molecule has 768 valence electrons. The van der Waals surface area contributed by atoms with E-state index in [1.165, 1.54) is 19.2 Å². The van der Waals surface area contributed by atoms with Crippen LogP contribution in [0, 0.1) is 76.4 Å². The summed E-state index contributed by atoms with van der Waals surface area (Å²) in [5.41, 5.74) is 22.5. The fourth-order valence-corrected chi connectivity index (χ4v) is 16.0. The Labute approximate surface area is 818 Å². The highest BCUT2D eigenvalue weighted by atomic mass is 35.5. The third kappa shape index (κ3) is 42.6. The lowest BCUT2D eigenvalue weighted by Crippen LogP contribution is -2.47. The quantitative estimate of drug-likeness (QED) is 0.00373. The minimum atomic E-state index is -2.35. The number of hydrogen-bond donors (Lipinski definition) is 12. The number of nitrogens with one attached hydrogen (secondary N) is 4. The Morgan fingerprint density at radius 2 is 0.667 bits per heavy atom. The maximum absolute atomic E-state index is 13.5. The van der Waals surface area contributed by atoms with Gasteiger partial charge in [0.05, 0.1) is 62.6 Å². The second-order valence-electron chi connectivity index (χ2n) is 38.5. The largest absolute Gasteiger partial charge is 0.489 e. The van der Waals surface area contributed by atoms with Crippen molar-refractivity contribution >= 4 is 112 Å². The fourth-order valence-electron chi connectivity index (χ4n) is 15.4. The van der Waals surface area contributed by atoms with Crippen molar-refractivity contribution in [2.75, 3.05) is 19.8 Å². The van der Waals surface area contributed by atoms with E-state index in [4.69, 9.17) is 107 Å². The lowest BCUT2D eigenvalue weighted by Gasteiger charge is -2.31. The van der Waals surface area contributed by atoms with Crippen molar-refractivity contribution < 1.29 is 133 Å². The van der Waals surface area contributed by atoms with Crippen molar-refractivity contribution in [2.45, 2.75) is 304 Å². The first-order chi connectivity index (χ1) is 64.2. The molecule has 4 fully saturated rings. The predicted octanol–water partition coefficient (Wildman–Crippen LogP) is 16.9. The molecule has 4 aliphatic carbocycles. The van der Waals surface area contributed by atoms with Crippen LogP contribution >= 0.6 is 34.8 Å². The number of esters is 4. The van der Waals surface area contributed by atoms with Gasteiger partial charge in [-0.2, -0.15) is 8.78 Å². The van der Waals surface area contributed by atoms with Gasteiger partial charge in [0.25, 0.3) is 11.8 Å². The van der Waals surface area contributed by atoms with Crippen molar-refractivity contribution in [1.82, 2.24) is 21.3 Å². The molecule has 0 spiro atoms. The van der Waals surface area contributed by atoms with Crippen molar-refractivity contribution in [3.05, 3.63) is 145 Å². The molecular formula is C99H138Cl3F5N8O23. The third-order valence-electron chi connectivity index (χ3n) is 22.4. The number of anilines is 1.